The molecule has 0 aromatic heterocycles. The second kappa shape index (κ2) is 10.4. The van der Waals surface area contributed by atoms with Gasteiger partial charge >= 0.3 is 0 Å². The van der Waals surface area contributed by atoms with Crippen LogP contribution in [-0.2, 0) is 21.2 Å². The molecule has 1 fully saturated rings. The van der Waals surface area contributed by atoms with Gasteiger partial charge in [-0.25, -0.2) is 8.42 Å². The molecule has 162 valence electrons. The second-order valence-corrected chi connectivity index (χ2v) is 9.10. The van der Waals surface area contributed by atoms with Gasteiger partial charge in [-0.2, -0.15) is 4.31 Å². The number of nitrogens with zero attached hydrogens (tertiary/aromatic N) is 1. The molecule has 0 saturated carbocycles. The Bertz CT molecular complexity index is 921. The topological polar surface area (TPSA) is 84.9 Å². The van der Waals surface area contributed by atoms with Crippen LogP contribution in [0.4, 0.5) is 0 Å². The number of methoxy groups -OCH3 is 1. The monoisotopic (exact) mass is 432 g/mol. The Morgan fingerprint density at radius 2 is 1.60 bits per heavy atom. The molecule has 0 atom stereocenters. The Balaban J connectivity index is 1.42. The molecule has 1 N–H and O–H groups in total. The van der Waals surface area contributed by atoms with Gasteiger partial charge < -0.3 is 14.8 Å². The number of benzene rings is 2. The molecular formula is C22H28N2O5S. The number of carbonyl (C=O) groups is 1. The SMILES string of the molecule is COc1ccc(CC(=O)NCCOc2ccc(S(=O)(=O)N3CCCCC3)cc2)cc1. The van der Waals surface area contributed by atoms with E-state index in [2.05, 4.69) is 5.32 Å². The molecule has 1 aliphatic heterocycles. The van der Waals surface area contributed by atoms with Crippen LogP contribution < -0.4 is 14.8 Å². The smallest absolute Gasteiger partial charge is 0.243 e. The predicted molar refractivity (Wildman–Crippen MR) is 114 cm³/mol. The highest BCUT2D eigenvalue weighted by Crippen LogP contribution is 2.22. The van der Waals surface area contributed by atoms with Crippen molar-refractivity contribution in [1.29, 1.82) is 0 Å². The minimum Gasteiger partial charge on any atom is -0.497 e. The summed E-state index contributed by atoms with van der Waals surface area (Å²) in [5.41, 5.74) is 0.903. The van der Waals surface area contributed by atoms with Crippen molar-refractivity contribution in [3.8, 4) is 11.5 Å². The van der Waals surface area contributed by atoms with Crippen molar-refractivity contribution in [1.82, 2.24) is 9.62 Å². The van der Waals surface area contributed by atoms with Gasteiger partial charge in [0, 0.05) is 13.1 Å². The van der Waals surface area contributed by atoms with E-state index in [-0.39, 0.29) is 17.2 Å². The molecule has 0 unspecified atom stereocenters. The molecular weight excluding hydrogens is 404 g/mol. The Kier molecular flexibility index (Phi) is 7.70. The lowest BCUT2D eigenvalue weighted by Crippen LogP contribution is -2.35. The van der Waals surface area contributed by atoms with Gasteiger partial charge in [0.25, 0.3) is 0 Å². The normalized spacial score (nSPS) is 14.8. The Morgan fingerprint density at radius 1 is 0.967 bits per heavy atom. The average Bonchev–Trinajstić information content (AvgIpc) is 2.78. The molecule has 0 aliphatic carbocycles. The Hall–Kier alpha value is -2.58. The van der Waals surface area contributed by atoms with Crippen molar-refractivity contribution < 1.29 is 22.7 Å². The minimum atomic E-state index is -3.44. The maximum absolute atomic E-state index is 12.7. The fourth-order valence-electron chi connectivity index (χ4n) is 3.31. The van der Waals surface area contributed by atoms with Gasteiger partial charge in [-0.05, 0) is 54.8 Å². The van der Waals surface area contributed by atoms with Crippen molar-refractivity contribution in [3.05, 3.63) is 54.1 Å². The maximum Gasteiger partial charge on any atom is 0.243 e. The highest BCUT2D eigenvalue weighted by Gasteiger charge is 2.25. The van der Waals surface area contributed by atoms with Gasteiger partial charge in [-0.3, -0.25) is 4.79 Å². The lowest BCUT2D eigenvalue weighted by atomic mass is 10.1. The molecule has 0 bridgehead atoms. The molecule has 0 spiro atoms. The molecule has 1 aliphatic rings. The number of amides is 1. The molecule has 7 nitrogen and oxygen atoms in total. The van der Waals surface area contributed by atoms with E-state index in [1.807, 2.05) is 24.3 Å². The van der Waals surface area contributed by atoms with Crippen LogP contribution in [0.25, 0.3) is 0 Å². The number of hydrogen-bond acceptors (Lipinski definition) is 5. The summed E-state index contributed by atoms with van der Waals surface area (Å²) >= 11 is 0. The Labute approximate surface area is 178 Å². The van der Waals surface area contributed by atoms with E-state index in [0.717, 1.165) is 30.6 Å². The van der Waals surface area contributed by atoms with Crippen LogP contribution in [0.15, 0.2) is 53.4 Å². The van der Waals surface area contributed by atoms with Crippen molar-refractivity contribution in [2.45, 2.75) is 30.6 Å². The fourth-order valence-corrected chi connectivity index (χ4v) is 4.83. The summed E-state index contributed by atoms with van der Waals surface area (Å²) in [7, 11) is -1.84. The maximum atomic E-state index is 12.7. The van der Waals surface area contributed by atoms with E-state index in [1.165, 1.54) is 0 Å². The van der Waals surface area contributed by atoms with Gasteiger partial charge in [0.1, 0.15) is 18.1 Å². The summed E-state index contributed by atoms with van der Waals surface area (Å²) in [6.45, 7) is 1.82. The van der Waals surface area contributed by atoms with E-state index >= 15 is 0 Å². The van der Waals surface area contributed by atoms with Crippen LogP contribution in [0.3, 0.4) is 0 Å². The molecule has 30 heavy (non-hydrogen) atoms. The number of rotatable bonds is 9. The summed E-state index contributed by atoms with van der Waals surface area (Å²) < 4.78 is 37.6. The van der Waals surface area contributed by atoms with Crippen LogP contribution in [0, 0.1) is 0 Å². The van der Waals surface area contributed by atoms with Crippen LogP contribution in [0.1, 0.15) is 24.8 Å². The lowest BCUT2D eigenvalue weighted by Gasteiger charge is -2.25. The van der Waals surface area contributed by atoms with Gasteiger partial charge in [0.15, 0.2) is 0 Å². The summed E-state index contributed by atoms with van der Waals surface area (Å²) in [5.74, 6) is 1.23. The van der Waals surface area contributed by atoms with Crippen LogP contribution >= 0.6 is 0 Å². The van der Waals surface area contributed by atoms with E-state index in [9.17, 15) is 13.2 Å². The largest absolute Gasteiger partial charge is 0.497 e. The van der Waals surface area contributed by atoms with Crippen LogP contribution in [0.2, 0.25) is 0 Å². The number of piperidine rings is 1. The lowest BCUT2D eigenvalue weighted by molar-refractivity contribution is -0.120. The third-order valence-electron chi connectivity index (χ3n) is 4.99. The summed E-state index contributed by atoms with van der Waals surface area (Å²) in [5, 5.41) is 2.81. The first-order valence-electron chi connectivity index (χ1n) is 10.1. The zero-order valence-electron chi connectivity index (χ0n) is 17.2. The highest BCUT2D eigenvalue weighted by atomic mass is 32.2. The zero-order valence-corrected chi connectivity index (χ0v) is 18.0. The van der Waals surface area contributed by atoms with E-state index in [4.69, 9.17) is 9.47 Å². The van der Waals surface area contributed by atoms with Crippen LogP contribution in [-0.4, -0.2) is 52.0 Å². The van der Waals surface area contributed by atoms with Crippen molar-refractivity contribution in [2.75, 3.05) is 33.4 Å². The minimum absolute atomic E-state index is 0.0910. The van der Waals surface area contributed by atoms with Crippen molar-refractivity contribution in [2.24, 2.45) is 0 Å². The standard InChI is InChI=1S/C22H28N2O5S/c1-28-19-7-5-18(6-8-19)17-22(25)23-13-16-29-20-9-11-21(12-10-20)30(26,27)24-14-3-2-4-15-24/h5-12H,2-4,13-17H2,1H3,(H,23,25). The molecule has 1 heterocycles. The predicted octanol–water partition coefficient (Wildman–Crippen LogP) is 2.61. The average molecular weight is 433 g/mol. The van der Waals surface area contributed by atoms with E-state index in [0.29, 0.717) is 32.0 Å². The first-order valence-corrected chi connectivity index (χ1v) is 11.6. The zero-order chi connectivity index (χ0) is 21.4. The number of sulfonamides is 1. The summed E-state index contributed by atoms with van der Waals surface area (Å²) in [6.07, 6.45) is 3.18. The number of hydrogen-bond donors (Lipinski definition) is 1. The molecule has 2 aromatic carbocycles. The quantitative estimate of drug-likeness (QED) is 0.616. The van der Waals surface area contributed by atoms with Gasteiger partial charge in [-0.15, -0.1) is 0 Å². The van der Waals surface area contributed by atoms with E-state index in [1.54, 1.807) is 35.7 Å². The second-order valence-electron chi connectivity index (χ2n) is 7.16. The molecule has 2 aromatic rings. The van der Waals surface area contributed by atoms with Crippen molar-refractivity contribution in [3.63, 3.8) is 0 Å². The van der Waals surface area contributed by atoms with E-state index < -0.39 is 10.0 Å². The molecule has 8 heteroatoms. The third kappa shape index (κ3) is 5.96. The number of carbonyl (C=O) groups excluding carboxylic acids is 1. The fraction of sp³-hybridized carbons (Fsp3) is 0.409. The van der Waals surface area contributed by atoms with Crippen LogP contribution in [0.5, 0.6) is 11.5 Å². The highest BCUT2D eigenvalue weighted by molar-refractivity contribution is 7.89. The third-order valence-corrected chi connectivity index (χ3v) is 6.91. The molecule has 1 amide bonds. The van der Waals surface area contributed by atoms with Gasteiger partial charge in [0.2, 0.25) is 15.9 Å². The molecule has 1 saturated heterocycles. The number of ether oxygens (including phenoxy) is 2. The van der Waals surface area contributed by atoms with Gasteiger partial charge in [0.05, 0.1) is 25.0 Å². The Morgan fingerprint density at radius 3 is 2.23 bits per heavy atom. The molecule has 3 rings (SSSR count). The van der Waals surface area contributed by atoms with Gasteiger partial charge in [-0.1, -0.05) is 18.6 Å². The van der Waals surface area contributed by atoms with Crippen molar-refractivity contribution >= 4 is 15.9 Å². The summed E-state index contributed by atoms with van der Waals surface area (Å²) in [4.78, 5) is 12.3. The molecule has 0 radical (unpaired) electrons. The first kappa shape index (κ1) is 22.1. The summed E-state index contributed by atoms with van der Waals surface area (Å²) in [6, 6.07) is 13.8. The first-order chi connectivity index (χ1) is 14.5. The number of nitrogens with one attached hydrogen (secondary N) is 1.